The molecule has 2 aromatic heterocycles. The fraction of sp³-hybridized carbons (Fsp3) is 0.200. The zero-order valence-corrected chi connectivity index (χ0v) is 21.2. The van der Waals surface area contributed by atoms with Gasteiger partial charge >= 0.3 is 0 Å². The number of nitrogen functional groups attached to an aromatic ring is 1. The maximum atomic E-state index is 15.9. The predicted molar refractivity (Wildman–Crippen MR) is 147 cm³/mol. The van der Waals surface area contributed by atoms with E-state index < -0.39 is 11.9 Å². The Morgan fingerprint density at radius 2 is 1.95 bits per heavy atom. The lowest BCUT2D eigenvalue weighted by molar-refractivity contribution is 0.319. The number of H-pyrrole nitrogens is 1. The van der Waals surface area contributed by atoms with Crippen molar-refractivity contribution in [1.82, 2.24) is 15.0 Å². The molecule has 0 amide bonds. The number of nitrogens with one attached hydrogen (secondary N) is 2. The molecule has 6 nitrogen and oxygen atoms in total. The summed E-state index contributed by atoms with van der Waals surface area (Å²) in [6.45, 7) is 6.31. The van der Waals surface area contributed by atoms with Crippen molar-refractivity contribution in [3.63, 3.8) is 0 Å². The van der Waals surface area contributed by atoms with Crippen LogP contribution in [-0.4, -0.2) is 21.6 Å². The number of ether oxygens (including phenoxy) is 1. The van der Waals surface area contributed by atoms with E-state index in [4.69, 9.17) is 15.5 Å². The summed E-state index contributed by atoms with van der Waals surface area (Å²) < 4.78 is 21.5. The zero-order valence-electron chi connectivity index (χ0n) is 21.2. The zero-order chi connectivity index (χ0) is 25.9. The number of hydrogen-bond acceptors (Lipinski definition) is 5. The van der Waals surface area contributed by atoms with Crippen LogP contribution in [0.3, 0.4) is 0 Å². The minimum atomic E-state index is -0.596. The molecule has 0 aliphatic heterocycles. The fourth-order valence-electron chi connectivity index (χ4n) is 4.54. The van der Waals surface area contributed by atoms with Crippen molar-refractivity contribution < 1.29 is 9.13 Å². The average molecular weight is 496 g/mol. The topological polar surface area (TPSA) is 88.8 Å². The van der Waals surface area contributed by atoms with E-state index in [1.165, 1.54) is 0 Å². The van der Waals surface area contributed by atoms with Crippen molar-refractivity contribution in [3.8, 4) is 17.0 Å². The molecule has 0 aliphatic carbocycles. The molecule has 4 N–H and O–H groups in total. The molecule has 0 bridgehead atoms. The van der Waals surface area contributed by atoms with Gasteiger partial charge in [0.15, 0.2) is 11.6 Å². The van der Waals surface area contributed by atoms with Crippen molar-refractivity contribution >= 4 is 22.3 Å². The molecule has 0 aliphatic rings. The van der Waals surface area contributed by atoms with Crippen molar-refractivity contribution in [2.75, 3.05) is 17.7 Å². The van der Waals surface area contributed by atoms with Crippen molar-refractivity contribution in [2.45, 2.75) is 33.2 Å². The summed E-state index contributed by atoms with van der Waals surface area (Å²) in [6.07, 6.45) is 4.28. The fourth-order valence-corrected chi connectivity index (χ4v) is 4.54. The van der Waals surface area contributed by atoms with Crippen LogP contribution in [-0.2, 0) is 6.42 Å². The SMILES string of the molecule is CCOc1cc(CC)cc(C(Nc2ccc3c(N)nccc3c2)c2nc(-c3cccc(C)c3)c[nH]2)c1F. The maximum Gasteiger partial charge on any atom is 0.170 e. The largest absolute Gasteiger partial charge is 0.491 e. The van der Waals surface area contributed by atoms with Crippen molar-refractivity contribution in [2.24, 2.45) is 0 Å². The Morgan fingerprint density at radius 3 is 2.73 bits per heavy atom. The smallest absolute Gasteiger partial charge is 0.170 e. The van der Waals surface area contributed by atoms with Gasteiger partial charge in [-0.15, -0.1) is 0 Å². The average Bonchev–Trinajstić information content (AvgIpc) is 3.39. The summed E-state index contributed by atoms with van der Waals surface area (Å²) >= 11 is 0. The second kappa shape index (κ2) is 10.3. The Hall–Kier alpha value is -4.39. The number of anilines is 2. The number of aryl methyl sites for hydroxylation is 2. The highest BCUT2D eigenvalue weighted by Gasteiger charge is 2.25. The molecule has 0 saturated carbocycles. The number of halogens is 1. The van der Waals surface area contributed by atoms with Crippen LogP contribution in [0, 0.1) is 12.7 Å². The molecule has 0 saturated heterocycles. The highest BCUT2D eigenvalue weighted by molar-refractivity contribution is 5.92. The first-order valence-corrected chi connectivity index (χ1v) is 12.4. The van der Waals surface area contributed by atoms with E-state index in [9.17, 15) is 0 Å². The van der Waals surface area contributed by atoms with Gasteiger partial charge in [0.1, 0.15) is 17.7 Å². The van der Waals surface area contributed by atoms with Gasteiger partial charge in [-0.05, 0) is 67.6 Å². The standard InChI is InChI=1S/C30H30FN5O/c1-4-19-14-24(27(31)26(15-19)37-5-2)28(30-34-17-25(36-30)21-8-6-7-18(3)13-21)35-22-9-10-23-20(16-22)11-12-33-29(23)32/h6-17,28,35H,4-5H2,1-3H3,(H2,32,33)(H,34,36). The minimum absolute atomic E-state index is 0.242. The first-order valence-electron chi connectivity index (χ1n) is 12.4. The first kappa shape index (κ1) is 24.3. The lowest BCUT2D eigenvalue weighted by Gasteiger charge is -2.22. The Balaban J connectivity index is 1.62. The van der Waals surface area contributed by atoms with E-state index in [1.54, 1.807) is 12.3 Å². The number of fused-ring (bicyclic) bond motifs is 1. The first-order chi connectivity index (χ1) is 18.0. The van der Waals surface area contributed by atoms with Gasteiger partial charge in [-0.1, -0.05) is 36.8 Å². The van der Waals surface area contributed by atoms with Crippen LogP contribution in [0.25, 0.3) is 22.0 Å². The van der Waals surface area contributed by atoms with Gasteiger partial charge in [-0.2, -0.15) is 0 Å². The predicted octanol–water partition coefficient (Wildman–Crippen LogP) is 6.82. The van der Waals surface area contributed by atoms with Crippen LogP contribution in [0.5, 0.6) is 5.75 Å². The highest BCUT2D eigenvalue weighted by atomic mass is 19.1. The van der Waals surface area contributed by atoms with Gasteiger partial charge in [0, 0.05) is 34.6 Å². The molecule has 0 fully saturated rings. The molecule has 1 unspecified atom stereocenters. The summed E-state index contributed by atoms with van der Waals surface area (Å²) in [4.78, 5) is 12.3. The Kier molecular flexibility index (Phi) is 6.77. The number of imidazole rings is 1. The molecule has 188 valence electrons. The van der Waals surface area contributed by atoms with Gasteiger partial charge in [0.2, 0.25) is 0 Å². The normalized spacial score (nSPS) is 12.0. The molecule has 5 rings (SSSR count). The van der Waals surface area contributed by atoms with E-state index in [0.717, 1.165) is 45.3 Å². The van der Waals surface area contributed by atoms with E-state index in [2.05, 4.69) is 21.4 Å². The monoisotopic (exact) mass is 495 g/mol. The second-order valence-electron chi connectivity index (χ2n) is 9.03. The van der Waals surface area contributed by atoms with Crippen LogP contribution < -0.4 is 15.8 Å². The van der Waals surface area contributed by atoms with Gasteiger partial charge < -0.3 is 20.8 Å². The molecule has 0 spiro atoms. The van der Waals surface area contributed by atoms with Gasteiger partial charge in [-0.25, -0.2) is 14.4 Å². The molecular formula is C30H30FN5O. The number of hydrogen-bond donors (Lipinski definition) is 3. The molecule has 37 heavy (non-hydrogen) atoms. The lowest BCUT2D eigenvalue weighted by Crippen LogP contribution is -2.17. The Bertz CT molecular complexity index is 1560. The molecule has 5 aromatic rings. The molecule has 2 heterocycles. The number of nitrogens with zero attached hydrogens (tertiary/aromatic N) is 2. The maximum absolute atomic E-state index is 15.9. The Morgan fingerprint density at radius 1 is 1.08 bits per heavy atom. The molecule has 7 heteroatoms. The van der Waals surface area contributed by atoms with E-state index in [1.807, 2.05) is 75.5 Å². The third kappa shape index (κ3) is 4.98. The van der Waals surface area contributed by atoms with Gasteiger partial charge in [0.25, 0.3) is 0 Å². The van der Waals surface area contributed by atoms with Crippen LogP contribution in [0.15, 0.2) is 73.1 Å². The van der Waals surface area contributed by atoms with Gasteiger partial charge in [-0.3, -0.25) is 0 Å². The van der Waals surface area contributed by atoms with E-state index >= 15 is 4.39 Å². The number of rotatable bonds is 8. The summed E-state index contributed by atoms with van der Waals surface area (Å²) in [5.41, 5.74) is 11.2. The number of nitrogens with two attached hydrogens (primary N) is 1. The number of benzene rings is 3. The summed E-state index contributed by atoms with van der Waals surface area (Å²) in [5.74, 6) is 0.906. The van der Waals surface area contributed by atoms with Crippen LogP contribution in [0.4, 0.5) is 15.9 Å². The summed E-state index contributed by atoms with van der Waals surface area (Å²) in [5, 5.41) is 5.31. The molecule has 0 radical (unpaired) electrons. The van der Waals surface area contributed by atoms with Crippen LogP contribution >= 0.6 is 0 Å². The van der Waals surface area contributed by atoms with E-state index in [-0.39, 0.29) is 5.75 Å². The van der Waals surface area contributed by atoms with Crippen molar-refractivity contribution in [1.29, 1.82) is 0 Å². The van der Waals surface area contributed by atoms with Gasteiger partial charge in [0.05, 0.1) is 12.3 Å². The molecule has 1 atom stereocenters. The summed E-state index contributed by atoms with van der Waals surface area (Å²) in [6, 6.07) is 18.9. The minimum Gasteiger partial charge on any atom is -0.491 e. The quantitative estimate of drug-likeness (QED) is 0.220. The number of pyridine rings is 1. The van der Waals surface area contributed by atoms with Crippen molar-refractivity contribution in [3.05, 3.63) is 101 Å². The van der Waals surface area contributed by atoms with Crippen LogP contribution in [0.1, 0.15) is 42.4 Å². The Labute approximate surface area is 215 Å². The summed E-state index contributed by atoms with van der Waals surface area (Å²) in [7, 11) is 0. The van der Waals surface area contributed by atoms with E-state index in [0.29, 0.717) is 23.8 Å². The third-order valence-electron chi connectivity index (χ3n) is 6.44. The number of aromatic amines is 1. The number of aromatic nitrogens is 3. The third-order valence-corrected chi connectivity index (χ3v) is 6.44. The van der Waals surface area contributed by atoms with Crippen LogP contribution in [0.2, 0.25) is 0 Å². The molecule has 3 aromatic carbocycles. The molecular weight excluding hydrogens is 465 g/mol. The second-order valence-corrected chi connectivity index (χ2v) is 9.03. The highest BCUT2D eigenvalue weighted by Crippen LogP contribution is 2.35. The lowest BCUT2D eigenvalue weighted by atomic mass is 9.99.